The lowest BCUT2D eigenvalue weighted by molar-refractivity contribution is 0.409. The molecule has 1 aliphatic carbocycles. The first kappa shape index (κ1) is 13.5. The van der Waals surface area contributed by atoms with Gasteiger partial charge in [0.05, 0.1) is 24.6 Å². The molecule has 1 heterocycles. The van der Waals surface area contributed by atoms with Crippen LogP contribution in [0.1, 0.15) is 37.3 Å². The number of ether oxygens (including phenoxy) is 2. The quantitative estimate of drug-likeness (QED) is 0.830. The number of hydrogen-bond donors (Lipinski definition) is 0. The average molecular weight is 292 g/mol. The van der Waals surface area contributed by atoms with Gasteiger partial charge >= 0.3 is 0 Å². The number of fused-ring (bicyclic) bond motifs is 1. The van der Waals surface area contributed by atoms with Crippen molar-refractivity contribution in [1.29, 1.82) is 0 Å². The Bertz CT molecular complexity index is 636. The minimum Gasteiger partial charge on any atom is -0.496 e. The van der Waals surface area contributed by atoms with Crippen molar-refractivity contribution in [3.8, 4) is 11.5 Å². The lowest BCUT2D eigenvalue weighted by Gasteiger charge is -2.14. The molecule has 0 radical (unpaired) electrons. The summed E-state index contributed by atoms with van der Waals surface area (Å²) in [6.45, 7) is 0. The lowest BCUT2D eigenvalue weighted by Crippen LogP contribution is -1.99. The number of pyridine rings is 1. The van der Waals surface area contributed by atoms with Gasteiger partial charge in [-0.25, -0.2) is 4.98 Å². The summed E-state index contributed by atoms with van der Waals surface area (Å²) >= 11 is 6.48. The molecule has 106 valence electrons. The standard InChI is InChI=1S/C16H18ClNO2/c1-19-13-7-8-14(20-2)16-15(13)11(17)9-12(18-16)10-5-3-4-6-10/h7-10H,3-6H2,1-2H3. The van der Waals surface area contributed by atoms with Gasteiger partial charge in [-0.3, -0.25) is 0 Å². The van der Waals surface area contributed by atoms with Crippen LogP contribution in [0.25, 0.3) is 10.9 Å². The molecule has 0 N–H and O–H groups in total. The monoisotopic (exact) mass is 291 g/mol. The van der Waals surface area contributed by atoms with E-state index in [1.165, 1.54) is 25.7 Å². The van der Waals surface area contributed by atoms with Crippen LogP contribution in [0.3, 0.4) is 0 Å². The summed E-state index contributed by atoms with van der Waals surface area (Å²) in [4.78, 5) is 4.81. The molecular weight excluding hydrogens is 274 g/mol. The van der Waals surface area contributed by atoms with Gasteiger partial charge in [-0.15, -0.1) is 0 Å². The number of rotatable bonds is 3. The fourth-order valence-electron chi connectivity index (χ4n) is 3.02. The Labute approximate surface area is 123 Å². The SMILES string of the molecule is COc1ccc(OC)c2c(Cl)cc(C3CCCC3)nc12. The molecule has 1 fully saturated rings. The van der Waals surface area contributed by atoms with Crippen LogP contribution in [-0.4, -0.2) is 19.2 Å². The molecule has 20 heavy (non-hydrogen) atoms. The molecule has 1 aliphatic rings. The second kappa shape index (κ2) is 5.49. The number of aromatic nitrogens is 1. The Morgan fingerprint density at radius 1 is 1.10 bits per heavy atom. The van der Waals surface area contributed by atoms with E-state index in [0.29, 0.717) is 10.9 Å². The Morgan fingerprint density at radius 3 is 2.40 bits per heavy atom. The van der Waals surface area contributed by atoms with E-state index in [1.807, 2.05) is 18.2 Å². The summed E-state index contributed by atoms with van der Waals surface area (Å²) in [7, 11) is 3.29. The third-order valence-corrected chi connectivity index (χ3v) is 4.37. The first-order valence-corrected chi connectivity index (χ1v) is 7.33. The Morgan fingerprint density at radius 2 is 1.75 bits per heavy atom. The van der Waals surface area contributed by atoms with Crippen LogP contribution in [0, 0.1) is 0 Å². The molecule has 1 aromatic heterocycles. The molecule has 0 amide bonds. The highest BCUT2D eigenvalue weighted by molar-refractivity contribution is 6.36. The van der Waals surface area contributed by atoms with Gasteiger partial charge in [-0.2, -0.15) is 0 Å². The molecule has 3 rings (SSSR count). The second-order valence-corrected chi connectivity index (χ2v) is 5.61. The van der Waals surface area contributed by atoms with E-state index in [4.69, 9.17) is 26.1 Å². The van der Waals surface area contributed by atoms with E-state index >= 15 is 0 Å². The molecule has 0 aliphatic heterocycles. The fourth-order valence-corrected chi connectivity index (χ4v) is 3.32. The maximum absolute atomic E-state index is 6.48. The predicted molar refractivity (Wildman–Crippen MR) is 81.1 cm³/mol. The van der Waals surface area contributed by atoms with E-state index in [2.05, 4.69) is 0 Å². The number of methoxy groups -OCH3 is 2. The molecule has 2 aromatic rings. The van der Waals surface area contributed by atoms with Crippen LogP contribution in [0.5, 0.6) is 11.5 Å². The van der Waals surface area contributed by atoms with E-state index in [9.17, 15) is 0 Å². The largest absolute Gasteiger partial charge is 0.496 e. The summed E-state index contributed by atoms with van der Waals surface area (Å²) in [6.07, 6.45) is 4.94. The Hall–Kier alpha value is -1.48. The number of benzene rings is 1. The van der Waals surface area contributed by atoms with Gasteiger partial charge in [-0.1, -0.05) is 24.4 Å². The predicted octanol–water partition coefficient (Wildman–Crippen LogP) is 4.56. The van der Waals surface area contributed by atoms with Gasteiger partial charge in [0.2, 0.25) is 0 Å². The van der Waals surface area contributed by atoms with E-state index in [0.717, 1.165) is 28.1 Å². The minimum atomic E-state index is 0.521. The molecule has 0 spiro atoms. The number of nitrogens with zero attached hydrogens (tertiary/aromatic N) is 1. The van der Waals surface area contributed by atoms with Gasteiger partial charge in [0, 0.05) is 11.6 Å². The molecule has 0 unspecified atom stereocenters. The summed E-state index contributed by atoms with van der Waals surface area (Å²) in [5, 5.41) is 1.52. The summed E-state index contributed by atoms with van der Waals surface area (Å²) in [6, 6.07) is 5.73. The van der Waals surface area contributed by atoms with Gasteiger partial charge in [-0.05, 0) is 31.0 Å². The van der Waals surface area contributed by atoms with Crippen LogP contribution in [0.15, 0.2) is 18.2 Å². The zero-order valence-corrected chi connectivity index (χ0v) is 12.5. The van der Waals surface area contributed by atoms with Gasteiger partial charge in [0.1, 0.15) is 17.0 Å². The summed E-state index contributed by atoms with van der Waals surface area (Å²) in [5.41, 5.74) is 1.87. The molecule has 0 atom stereocenters. The van der Waals surface area contributed by atoms with Gasteiger partial charge in [0.15, 0.2) is 0 Å². The zero-order valence-electron chi connectivity index (χ0n) is 11.8. The van der Waals surface area contributed by atoms with Crippen molar-refractivity contribution in [2.24, 2.45) is 0 Å². The van der Waals surface area contributed by atoms with Crippen molar-refractivity contribution in [2.75, 3.05) is 14.2 Å². The molecular formula is C16H18ClNO2. The topological polar surface area (TPSA) is 31.4 Å². The third kappa shape index (κ3) is 2.20. The number of halogens is 1. The lowest BCUT2D eigenvalue weighted by atomic mass is 10.0. The van der Waals surface area contributed by atoms with Crippen molar-refractivity contribution >= 4 is 22.5 Å². The molecule has 1 saturated carbocycles. The Kier molecular flexibility index (Phi) is 3.70. The molecule has 1 aromatic carbocycles. The molecule has 0 bridgehead atoms. The minimum absolute atomic E-state index is 0.521. The van der Waals surface area contributed by atoms with Crippen LogP contribution >= 0.6 is 11.6 Å². The first-order valence-electron chi connectivity index (χ1n) is 6.95. The smallest absolute Gasteiger partial charge is 0.145 e. The summed E-state index contributed by atoms with van der Waals surface area (Å²) < 4.78 is 10.8. The summed E-state index contributed by atoms with van der Waals surface area (Å²) in [5.74, 6) is 1.99. The van der Waals surface area contributed by atoms with Crippen LogP contribution < -0.4 is 9.47 Å². The van der Waals surface area contributed by atoms with Gasteiger partial charge < -0.3 is 9.47 Å². The first-order chi connectivity index (χ1) is 9.74. The van der Waals surface area contributed by atoms with Crippen molar-refractivity contribution in [2.45, 2.75) is 31.6 Å². The van der Waals surface area contributed by atoms with Crippen LogP contribution in [-0.2, 0) is 0 Å². The van der Waals surface area contributed by atoms with E-state index in [-0.39, 0.29) is 0 Å². The fraction of sp³-hybridized carbons (Fsp3) is 0.438. The highest BCUT2D eigenvalue weighted by Gasteiger charge is 2.21. The zero-order chi connectivity index (χ0) is 14.1. The maximum Gasteiger partial charge on any atom is 0.145 e. The van der Waals surface area contributed by atoms with Crippen LogP contribution in [0.4, 0.5) is 0 Å². The highest BCUT2D eigenvalue weighted by Crippen LogP contribution is 2.40. The molecule has 3 nitrogen and oxygen atoms in total. The van der Waals surface area contributed by atoms with Crippen molar-refractivity contribution in [3.05, 3.63) is 28.9 Å². The normalized spacial score (nSPS) is 15.8. The molecule has 4 heteroatoms. The third-order valence-electron chi connectivity index (χ3n) is 4.07. The number of hydrogen-bond acceptors (Lipinski definition) is 3. The van der Waals surface area contributed by atoms with Gasteiger partial charge in [0.25, 0.3) is 0 Å². The Balaban J connectivity index is 2.23. The second-order valence-electron chi connectivity index (χ2n) is 5.20. The van der Waals surface area contributed by atoms with Crippen molar-refractivity contribution < 1.29 is 9.47 Å². The average Bonchev–Trinajstić information content (AvgIpc) is 3.00. The van der Waals surface area contributed by atoms with E-state index in [1.54, 1.807) is 14.2 Å². The van der Waals surface area contributed by atoms with Crippen molar-refractivity contribution in [3.63, 3.8) is 0 Å². The molecule has 0 saturated heterocycles. The van der Waals surface area contributed by atoms with E-state index < -0.39 is 0 Å². The highest BCUT2D eigenvalue weighted by atomic mass is 35.5. The van der Waals surface area contributed by atoms with Crippen molar-refractivity contribution in [1.82, 2.24) is 4.98 Å². The van der Waals surface area contributed by atoms with Crippen LogP contribution in [0.2, 0.25) is 5.02 Å². The maximum atomic E-state index is 6.48.